The summed E-state index contributed by atoms with van der Waals surface area (Å²) in [5.41, 5.74) is 13.5. The zero-order chi connectivity index (χ0) is 34.0. The number of anilines is 3. The van der Waals surface area contributed by atoms with Crippen LogP contribution in [0.4, 0.5) is 17.1 Å². The predicted octanol–water partition coefficient (Wildman–Crippen LogP) is 13.1. The highest BCUT2D eigenvalue weighted by atomic mass is 15.1. The standard InChI is InChI=1S/C50H40N2/c1-2-13-38(14-3-1)52-46-19-9-7-15-41(46)42-24-23-40(31-48(42)52)51(39-22-21-34-11-4-5-12-35(34)30-39)47-20-10-18-45-49(47)43-16-6-8-17-44(43)50(45)36-26-32-25-33(28-36)29-37(50)27-32/h1-24,30-33,36-37H,25-29H2. The van der Waals surface area contributed by atoms with Crippen LogP contribution in [0, 0.1) is 23.7 Å². The number of hydrogen-bond donors (Lipinski definition) is 0. The molecule has 1 aromatic heterocycles. The Balaban J connectivity index is 1.14. The molecule has 5 aliphatic carbocycles. The molecular weight excluding hydrogens is 629 g/mol. The summed E-state index contributed by atoms with van der Waals surface area (Å²) >= 11 is 0. The lowest BCUT2D eigenvalue weighted by Crippen LogP contribution is -2.55. The fourth-order valence-corrected chi connectivity index (χ4v) is 12.1. The lowest BCUT2D eigenvalue weighted by molar-refractivity contribution is -0.0399. The fraction of sp³-hybridized carbons (Fsp3) is 0.200. The molecule has 8 aromatic rings. The third-order valence-electron chi connectivity index (χ3n) is 13.7. The summed E-state index contributed by atoms with van der Waals surface area (Å²) in [6.07, 6.45) is 7.02. The molecule has 250 valence electrons. The van der Waals surface area contributed by atoms with Gasteiger partial charge in [-0.25, -0.2) is 0 Å². The van der Waals surface area contributed by atoms with E-state index < -0.39 is 0 Å². The van der Waals surface area contributed by atoms with Gasteiger partial charge in [-0.05, 0) is 132 Å². The number of aromatic nitrogens is 1. The van der Waals surface area contributed by atoms with Crippen LogP contribution in [0.2, 0.25) is 0 Å². The van der Waals surface area contributed by atoms with Crippen LogP contribution in [-0.4, -0.2) is 4.57 Å². The second-order valence-corrected chi connectivity index (χ2v) is 16.2. The highest BCUT2D eigenvalue weighted by Gasteiger charge is 2.61. The number of fused-ring (bicyclic) bond motifs is 7. The van der Waals surface area contributed by atoms with Gasteiger partial charge in [-0.15, -0.1) is 0 Å². The Morgan fingerprint density at radius 1 is 0.481 bits per heavy atom. The molecule has 2 nitrogen and oxygen atoms in total. The van der Waals surface area contributed by atoms with Crippen LogP contribution >= 0.6 is 0 Å². The number of hydrogen-bond acceptors (Lipinski definition) is 1. The van der Waals surface area contributed by atoms with Gasteiger partial charge in [0, 0.05) is 38.8 Å². The van der Waals surface area contributed by atoms with Gasteiger partial charge < -0.3 is 9.47 Å². The van der Waals surface area contributed by atoms with Crippen LogP contribution in [0.5, 0.6) is 0 Å². The first-order chi connectivity index (χ1) is 25.8. The van der Waals surface area contributed by atoms with Crippen molar-refractivity contribution in [1.29, 1.82) is 0 Å². The third-order valence-corrected chi connectivity index (χ3v) is 13.7. The highest BCUT2D eigenvalue weighted by molar-refractivity contribution is 6.11. The summed E-state index contributed by atoms with van der Waals surface area (Å²) in [4.78, 5) is 2.57. The molecule has 2 heteroatoms. The summed E-state index contributed by atoms with van der Waals surface area (Å²) in [5, 5.41) is 5.08. The molecule has 1 heterocycles. The third kappa shape index (κ3) is 3.85. The first kappa shape index (κ1) is 29.0. The maximum atomic E-state index is 2.57. The maximum absolute atomic E-state index is 2.57. The molecule has 0 amide bonds. The van der Waals surface area contributed by atoms with Crippen LogP contribution in [0.25, 0.3) is 49.4 Å². The molecule has 0 radical (unpaired) electrons. The van der Waals surface area contributed by atoms with Crippen molar-refractivity contribution in [3.05, 3.63) is 169 Å². The second kappa shape index (κ2) is 10.7. The van der Waals surface area contributed by atoms with E-state index in [0.717, 1.165) is 23.7 Å². The van der Waals surface area contributed by atoms with Gasteiger partial charge in [-0.2, -0.15) is 0 Å². The van der Waals surface area contributed by atoms with Crippen LogP contribution in [0.15, 0.2) is 158 Å². The lowest BCUT2D eigenvalue weighted by atomic mass is 9.43. The number of para-hydroxylation sites is 2. The van der Waals surface area contributed by atoms with Crippen molar-refractivity contribution < 1.29 is 0 Å². The average Bonchev–Trinajstić information content (AvgIpc) is 3.68. The van der Waals surface area contributed by atoms with Crippen molar-refractivity contribution in [3.63, 3.8) is 0 Å². The van der Waals surface area contributed by atoms with Gasteiger partial charge in [0.1, 0.15) is 0 Å². The summed E-state index contributed by atoms with van der Waals surface area (Å²) < 4.78 is 2.45. The van der Waals surface area contributed by atoms with Crippen LogP contribution in [0.1, 0.15) is 43.2 Å². The molecule has 4 bridgehead atoms. The molecular formula is C50H40N2. The Morgan fingerprint density at radius 2 is 1.13 bits per heavy atom. The van der Waals surface area contributed by atoms with E-state index in [1.54, 1.807) is 11.1 Å². The summed E-state index contributed by atoms with van der Waals surface area (Å²) in [6.45, 7) is 0. The molecule has 4 saturated carbocycles. The summed E-state index contributed by atoms with van der Waals surface area (Å²) in [7, 11) is 0. The largest absolute Gasteiger partial charge is 0.310 e. The molecule has 0 aliphatic heterocycles. The maximum Gasteiger partial charge on any atom is 0.0561 e. The minimum Gasteiger partial charge on any atom is -0.310 e. The summed E-state index contributed by atoms with van der Waals surface area (Å²) in [6, 6.07) is 59.5. The summed E-state index contributed by atoms with van der Waals surface area (Å²) in [5.74, 6) is 3.30. The van der Waals surface area contributed by atoms with E-state index >= 15 is 0 Å². The minimum atomic E-state index is 0.119. The number of nitrogens with zero attached hydrogens (tertiary/aromatic N) is 2. The molecule has 4 fully saturated rings. The molecule has 7 aromatic carbocycles. The predicted molar refractivity (Wildman–Crippen MR) is 216 cm³/mol. The Kier molecular flexibility index (Phi) is 5.98. The molecule has 0 unspecified atom stereocenters. The Labute approximate surface area is 305 Å². The monoisotopic (exact) mass is 668 g/mol. The van der Waals surface area contributed by atoms with E-state index in [1.165, 1.54) is 98.6 Å². The van der Waals surface area contributed by atoms with Crippen molar-refractivity contribution in [2.24, 2.45) is 23.7 Å². The minimum absolute atomic E-state index is 0.119. The molecule has 0 N–H and O–H groups in total. The Hall–Kier alpha value is -5.60. The molecule has 0 atom stereocenters. The topological polar surface area (TPSA) is 8.17 Å². The van der Waals surface area contributed by atoms with E-state index in [2.05, 4.69) is 167 Å². The highest BCUT2D eigenvalue weighted by Crippen LogP contribution is 2.70. The van der Waals surface area contributed by atoms with E-state index in [9.17, 15) is 0 Å². The first-order valence-electron chi connectivity index (χ1n) is 19.4. The van der Waals surface area contributed by atoms with Crippen LogP contribution in [0.3, 0.4) is 0 Å². The quantitative estimate of drug-likeness (QED) is 0.181. The molecule has 1 spiro atoms. The van der Waals surface area contributed by atoms with Crippen LogP contribution < -0.4 is 4.90 Å². The number of rotatable bonds is 4. The van der Waals surface area contributed by atoms with Gasteiger partial charge in [0.25, 0.3) is 0 Å². The van der Waals surface area contributed by atoms with E-state index in [1.807, 2.05) is 0 Å². The van der Waals surface area contributed by atoms with Crippen molar-refractivity contribution in [2.75, 3.05) is 4.90 Å². The fourth-order valence-electron chi connectivity index (χ4n) is 12.1. The second-order valence-electron chi connectivity index (χ2n) is 16.2. The van der Waals surface area contributed by atoms with Gasteiger partial charge >= 0.3 is 0 Å². The van der Waals surface area contributed by atoms with Gasteiger partial charge in [0.05, 0.1) is 16.7 Å². The van der Waals surface area contributed by atoms with Crippen molar-refractivity contribution in [1.82, 2.24) is 4.57 Å². The lowest BCUT2D eigenvalue weighted by Gasteiger charge is -2.61. The molecule has 13 rings (SSSR count). The van der Waals surface area contributed by atoms with Crippen LogP contribution in [-0.2, 0) is 5.41 Å². The van der Waals surface area contributed by atoms with Gasteiger partial charge in [0.2, 0.25) is 0 Å². The number of benzene rings is 7. The van der Waals surface area contributed by atoms with Crippen molar-refractivity contribution >= 4 is 49.6 Å². The van der Waals surface area contributed by atoms with E-state index in [-0.39, 0.29) is 5.41 Å². The average molecular weight is 669 g/mol. The normalized spacial score (nSPS) is 23.8. The van der Waals surface area contributed by atoms with Gasteiger partial charge in [-0.1, -0.05) is 109 Å². The molecule has 0 saturated heterocycles. The van der Waals surface area contributed by atoms with E-state index in [4.69, 9.17) is 0 Å². The zero-order valence-electron chi connectivity index (χ0n) is 29.3. The molecule has 52 heavy (non-hydrogen) atoms. The smallest absolute Gasteiger partial charge is 0.0561 e. The van der Waals surface area contributed by atoms with Gasteiger partial charge in [-0.3, -0.25) is 0 Å². The first-order valence-corrected chi connectivity index (χ1v) is 19.4. The zero-order valence-corrected chi connectivity index (χ0v) is 29.3. The van der Waals surface area contributed by atoms with Gasteiger partial charge in [0.15, 0.2) is 0 Å². The van der Waals surface area contributed by atoms with Crippen molar-refractivity contribution in [3.8, 4) is 16.8 Å². The Morgan fingerprint density at radius 3 is 1.98 bits per heavy atom. The molecule has 5 aliphatic rings. The van der Waals surface area contributed by atoms with Crippen molar-refractivity contribution in [2.45, 2.75) is 37.5 Å². The Bertz CT molecular complexity index is 2690. The SMILES string of the molecule is c1ccc(-n2c3ccccc3c3ccc(N(c4ccc5ccccc5c4)c4cccc5c4-c4ccccc4C54C5CC6CC(C5)CC4C6)cc32)cc1. The van der Waals surface area contributed by atoms with E-state index in [0.29, 0.717) is 0 Å².